The minimum Gasteiger partial charge on any atom is -0.361 e. The summed E-state index contributed by atoms with van der Waals surface area (Å²) in [5.41, 5.74) is 6.12. The molecule has 2 aliphatic rings. The van der Waals surface area contributed by atoms with E-state index in [1.54, 1.807) is 4.90 Å². The molecule has 6 heteroatoms. The van der Waals surface area contributed by atoms with Gasteiger partial charge in [-0.25, -0.2) is 0 Å². The number of benzene rings is 1. The van der Waals surface area contributed by atoms with Gasteiger partial charge in [-0.3, -0.25) is 14.4 Å². The minimum atomic E-state index is -0.903. The molecule has 2 saturated heterocycles. The topological polar surface area (TPSA) is 83.7 Å². The zero-order chi connectivity index (χ0) is 17.2. The second-order valence-electron chi connectivity index (χ2n) is 6.93. The molecule has 0 saturated carbocycles. The molecular formula is C18H23N3O3. The van der Waals surface area contributed by atoms with Crippen molar-refractivity contribution in [3.8, 4) is 0 Å². The van der Waals surface area contributed by atoms with Crippen LogP contribution in [0.2, 0.25) is 0 Å². The Morgan fingerprint density at radius 2 is 1.88 bits per heavy atom. The van der Waals surface area contributed by atoms with E-state index < -0.39 is 11.8 Å². The van der Waals surface area contributed by atoms with Gasteiger partial charge in [-0.15, -0.1) is 0 Å². The van der Waals surface area contributed by atoms with Crippen LogP contribution in [0.4, 0.5) is 0 Å². The van der Waals surface area contributed by atoms with Gasteiger partial charge in [-0.2, -0.15) is 0 Å². The van der Waals surface area contributed by atoms with Crippen molar-refractivity contribution >= 4 is 17.7 Å². The number of likely N-dealkylation sites (tertiary alicyclic amines) is 2. The highest BCUT2D eigenvalue weighted by molar-refractivity contribution is 6.34. The fourth-order valence-corrected chi connectivity index (χ4v) is 3.92. The Morgan fingerprint density at radius 1 is 1.12 bits per heavy atom. The van der Waals surface area contributed by atoms with Crippen LogP contribution in [0.1, 0.15) is 31.2 Å². The maximum atomic E-state index is 12.3. The van der Waals surface area contributed by atoms with Gasteiger partial charge in [0, 0.05) is 38.0 Å². The molecule has 1 atom stereocenters. The zero-order valence-electron chi connectivity index (χ0n) is 13.7. The van der Waals surface area contributed by atoms with E-state index in [1.807, 2.05) is 35.2 Å². The van der Waals surface area contributed by atoms with Crippen molar-refractivity contribution in [1.29, 1.82) is 0 Å². The molecule has 128 valence electrons. The molecule has 1 spiro atoms. The SMILES string of the molecule is NC(=O)C(=O)N1CCC[C@]2(CCC(=O)N(Cc3ccccc3)C2)C1. The van der Waals surface area contributed by atoms with Gasteiger partial charge in [-0.1, -0.05) is 30.3 Å². The quantitative estimate of drug-likeness (QED) is 0.818. The number of rotatable bonds is 2. The number of carbonyl (C=O) groups is 3. The van der Waals surface area contributed by atoms with Gasteiger partial charge >= 0.3 is 11.8 Å². The molecule has 0 radical (unpaired) electrons. The van der Waals surface area contributed by atoms with Crippen LogP contribution in [0.5, 0.6) is 0 Å². The summed E-state index contributed by atoms with van der Waals surface area (Å²) < 4.78 is 0. The molecule has 0 bridgehead atoms. The number of hydrogen-bond donors (Lipinski definition) is 1. The van der Waals surface area contributed by atoms with Crippen molar-refractivity contribution in [1.82, 2.24) is 9.80 Å². The Labute approximate surface area is 141 Å². The summed E-state index contributed by atoms with van der Waals surface area (Å²) in [6.07, 6.45) is 3.06. The summed E-state index contributed by atoms with van der Waals surface area (Å²) in [5.74, 6) is -1.36. The molecule has 2 heterocycles. The number of nitrogens with two attached hydrogens (primary N) is 1. The maximum absolute atomic E-state index is 12.3. The summed E-state index contributed by atoms with van der Waals surface area (Å²) in [4.78, 5) is 38.9. The van der Waals surface area contributed by atoms with Crippen LogP contribution in [0, 0.1) is 5.41 Å². The predicted molar refractivity (Wildman–Crippen MR) is 88.5 cm³/mol. The highest BCUT2D eigenvalue weighted by Crippen LogP contribution is 2.39. The largest absolute Gasteiger partial charge is 0.361 e. The Hall–Kier alpha value is -2.37. The number of piperidine rings is 2. The standard InChI is InChI=1S/C18H23N3O3/c19-16(23)17(24)20-10-4-8-18(12-20)9-7-15(22)21(13-18)11-14-5-2-1-3-6-14/h1-3,5-6H,4,7-13H2,(H2,19,23)/t18-/m0/s1. The molecule has 0 unspecified atom stereocenters. The second-order valence-corrected chi connectivity index (χ2v) is 6.93. The van der Waals surface area contributed by atoms with E-state index in [-0.39, 0.29) is 11.3 Å². The molecule has 2 N–H and O–H groups in total. The average molecular weight is 329 g/mol. The van der Waals surface area contributed by atoms with Crippen LogP contribution in [0.15, 0.2) is 30.3 Å². The third-order valence-corrected chi connectivity index (χ3v) is 5.12. The Morgan fingerprint density at radius 3 is 2.58 bits per heavy atom. The number of primary amides is 1. The first-order valence-electron chi connectivity index (χ1n) is 8.40. The van der Waals surface area contributed by atoms with Gasteiger partial charge in [0.25, 0.3) is 0 Å². The minimum absolute atomic E-state index is 0.119. The van der Waals surface area contributed by atoms with Gasteiger partial charge in [-0.05, 0) is 24.8 Å². The highest BCUT2D eigenvalue weighted by Gasteiger charge is 2.43. The van der Waals surface area contributed by atoms with Gasteiger partial charge in [0.1, 0.15) is 0 Å². The lowest BCUT2D eigenvalue weighted by Gasteiger charge is -2.48. The lowest BCUT2D eigenvalue weighted by Crippen LogP contribution is -2.56. The van der Waals surface area contributed by atoms with E-state index in [0.29, 0.717) is 32.6 Å². The van der Waals surface area contributed by atoms with Gasteiger partial charge in [0.2, 0.25) is 5.91 Å². The Kier molecular flexibility index (Phi) is 4.55. The molecule has 2 fully saturated rings. The summed E-state index contributed by atoms with van der Waals surface area (Å²) in [5, 5.41) is 0. The second kappa shape index (κ2) is 6.63. The number of amides is 3. The lowest BCUT2D eigenvalue weighted by molar-refractivity contribution is -0.149. The van der Waals surface area contributed by atoms with E-state index in [4.69, 9.17) is 5.73 Å². The smallest absolute Gasteiger partial charge is 0.311 e. The third kappa shape index (κ3) is 3.42. The van der Waals surface area contributed by atoms with Crippen molar-refractivity contribution in [3.63, 3.8) is 0 Å². The first-order valence-corrected chi connectivity index (χ1v) is 8.40. The van der Waals surface area contributed by atoms with Crippen LogP contribution in [-0.4, -0.2) is 47.2 Å². The molecule has 1 aromatic rings. The van der Waals surface area contributed by atoms with Gasteiger partial charge in [0.15, 0.2) is 0 Å². The third-order valence-electron chi connectivity index (χ3n) is 5.12. The number of nitrogens with zero attached hydrogens (tertiary/aromatic N) is 2. The van der Waals surface area contributed by atoms with Crippen molar-refractivity contribution in [2.24, 2.45) is 11.1 Å². The first kappa shape index (κ1) is 16.5. The summed E-state index contributed by atoms with van der Waals surface area (Å²) in [6, 6.07) is 9.91. The van der Waals surface area contributed by atoms with E-state index >= 15 is 0 Å². The number of hydrogen-bond acceptors (Lipinski definition) is 3. The first-order chi connectivity index (χ1) is 11.5. The Bertz CT molecular complexity index is 646. The van der Waals surface area contributed by atoms with E-state index in [9.17, 15) is 14.4 Å². The van der Waals surface area contributed by atoms with Crippen LogP contribution in [0.25, 0.3) is 0 Å². The molecule has 24 heavy (non-hydrogen) atoms. The zero-order valence-corrected chi connectivity index (χ0v) is 13.7. The summed E-state index contributed by atoms with van der Waals surface area (Å²) >= 11 is 0. The molecule has 0 aliphatic carbocycles. The summed E-state index contributed by atoms with van der Waals surface area (Å²) in [7, 11) is 0. The normalized spacial score (nSPS) is 24.2. The molecule has 3 rings (SSSR count). The van der Waals surface area contributed by atoms with Crippen molar-refractivity contribution in [2.75, 3.05) is 19.6 Å². The van der Waals surface area contributed by atoms with Crippen LogP contribution in [0.3, 0.4) is 0 Å². The fourth-order valence-electron chi connectivity index (χ4n) is 3.92. The average Bonchev–Trinajstić information content (AvgIpc) is 2.59. The van der Waals surface area contributed by atoms with Crippen molar-refractivity contribution in [2.45, 2.75) is 32.2 Å². The molecule has 1 aromatic carbocycles. The molecule has 2 aliphatic heterocycles. The summed E-state index contributed by atoms with van der Waals surface area (Å²) in [6.45, 7) is 2.29. The van der Waals surface area contributed by atoms with Gasteiger partial charge < -0.3 is 15.5 Å². The molecule has 3 amide bonds. The molecule has 6 nitrogen and oxygen atoms in total. The highest BCUT2D eigenvalue weighted by atomic mass is 16.2. The molecule has 0 aromatic heterocycles. The van der Waals surface area contributed by atoms with E-state index in [2.05, 4.69) is 0 Å². The lowest BCUT2D eigenvalue weighted by atomic mass is 9.73. The Balaban J connectivity index is 1.72. The van der Waals surface area contributed by atoms with E-state index in [1.165, 1.54) is 0 Å². The van der Waals surface area contributed by atoms with E-state index in [0.717, 1.165) is 24.8 Å². The van der Waals surface area contributed by atoms with Crippen molar-refractivity contribution in [3.05, 3.63) is 35.9 Å². The van der Waals surface area contributed by atoms with Crippen LogP contribution in [-0.2, 0) is 20.9 Å². The maximum Gasteiger partial charge on any atom is 0.311 e. The van der Waals surface area contributed by atoms with Crippen LogP contribution < -0.4 is 5.73 Å². The number of carbonyl (C=O) groups excluding carboxylic acids is 3. The molecular weight excluding hydrogens is 306 g/mol. The van der Waals surface area contributed by atoms with Crippen molar-refractivity contribution < 1.29 is 14.4 Å². The van der Waals surface area contributed by atoms with Gasteiger partial charge in [0.05, 0.1) is 0 Å². The fraction of sp³-hybridized carbons (Fsp3) is 0.500. The predicted octanol–water partition coefficient (Wildman–Crippen LogP) is 0.903. The van der Waals surface area contributed by atoms with Crippen LogP contribution >= 0.6 is 0 Å². The monoisotopic (exact) mass is 329 g/mol.